The van der Waals surface area contributed by atoms with E-state index in [1.165, 1.54) is 11.3 Å². The normalized spacial score (nSPS) is 19.5. The van der Waals surface area contributed by atoms with Crippen LogP contribution in [-0.4, -0.2) is 24.3 Å². The van der Waals surface area contributed by atoms with E-state index in [0.29, 0.717) is 10.8 Å². The molecule has 1 aliphatic heterocycles. The third-order valence-electron chi connectivity index (χ3n) is 4.91. The summed E-state index contributed by atoms with van der Waals surface area (Å²) in [5.41, 5.74) is 2.06. The number of fused-ring (bicyclic) bond motifs is 1. The van der Waals surface area contributed by atoms with Gasteiger partial charge in [0.15, 0.2) is 0 Å². The van der Waals surface area contributed by atoms with E-state index in [0.717, 1.165) is 47.2 Å². The van der Waals surface area contributed by atoms with Crippen molar-refractivity contribution in [1.82, 2.24) is 9.29 Å². The summed E-state index contributed by atoms with van der Waals surface area (Å²) in [5, 5.41) is 1.13. The molecule has 0 amide bonds. The molecule has 6 heteroatoms. The average molecular weight is 375 g/mol. The minimum atomic E-state index is -3.45. The summed E-state index contributed by atoms with van der Waals surface area (Å²) in [7, 11) is -3.45. The van der Waals surface area contributed by atoms with Crippen molar-refractivity contribution in [3.05, 3.63) is 53.0 Å². The Labute approximate surface area is 152 Å². The molecule has 0 aliphatic carbocycles. The molecule has 1 aliphatic rings. The van der Waals surface area contributed by atoms with Crippen molar-refractivity contribution in [2.24, 2.45) is 0 Å². The third kappa shape index (κ3) is 3.03. The van der Waals surface area contributed by atoms with E-state index in [1.807, 2.05) is 24.3 Å². The number of para-hydroxylation sites is 1. The molecule has 132 valence electrons. The fourth-order valence-electron chi connectivity index (χ4n) is 3.58. The molecule has 1 fully saturated rings. The van der Waals surface area contributed by atoms with Crippen molar-refractivity contribution in [2.45, 2.75) is 42.9 Å². The third-order valence-corrected chi connectivity index (χ3v) is 8.52. The van der Waals surface area contributed by atoms with Crippen molar-refractivity contribution in [3.63, 3.8) is 0 Å². The second-order valence-corrected chi connectivity index (χ2v) is 9.80. The molecule has 3 aromatic rings. The van der Waals surface area contributed by atoms with E-state index in [4.69, 9.17) is 0 Å². The van der Waals surface area contributed by atoms with Gasteiger partial charge >= 0.3 is 0 Å². The molecule has 1 N–H and O–H groups in total. The lowest BCUT2D eigenvalue weighted by atomic mass is 10.0. The van der Waals surface area contributed by atoms with E-state index in [2.05, 4.69) is 24.0 Å². The highest BCUT2D eigenvalue weighted by Gasteiger charge is 2.36. The highest BCUT2D eigenvalue weighted by atomic mass is 32.2. The van der Waals surface area contributed by atoms with Gasteiger partial charge in [-0.3, -0.25) is 0 Å². The maximum absolute atomic E-state index is 13.2. The zero-order chi connectivity index (χ0) is 17.4. The van der Waals surface area contributed by atoms with Gasteiger partial charge in [0.1, 0.15) is 4.21 Å². The van der Waals surface area contributed by atoms with Gasteiger partial charge in [-0.2, -0.15) is 4.31 Å². The SMILES string of the molecule is CCc1ccc(S(=O)(=O)N2CCCCC2c2cc3ccccc3[nH]2)s1. The molecule has 4 nitrogen and oxygen atoms in total. The molecule has 1 unspecified atom stereocenters. The number of piperidine rings is 1. The molecule has 25 heavy (non-hydrogen) atoms. The molecule has 2 aromatic heterocycles. The monoisotopic (exact) mass is 374 g/mol. The van der Waals surface area contributed by atoms with Gasteiger partial charge in [-0.05, 0) is 48.9 Å². The average Bonchev–Trinajstić information content (AvgIpc) is 3.28. The summed E-state index contributed by atoms with van der Waals surface area (Å²) in [5.74, 6) is 0. The first kappa shape index (κ1) is 16.8. The number of H-pyrrole nitrogens is 1. The lowest BCUT2D eigenvalue weighted by Crippen LogP contribution is -2.38. The topological polar surface area (TPSA) is 53.2 Å². The Balaban J connectivity index is 1.73. The maximum atomic E-state index is 13.2. The minimum Gasteiger partial charge on any atom is -0.357 e. The van der Waals surface area contributed by atoms with E-state index >= 15 is 0 Å². The number of aryl methyl sites for hydroxylation is 1. The van der Waals surface area contributed by atoms with Crippen LogP contribution in [0.3, 0.4) is 0 Å². The Morgan fingerprint density at radius 1 is 1.20 bits per heavy atom. The van der Waals surface area contributed by atoms with E-state index in [-0.39, 0.29) is 6.04 Å². The number of aromatic amines is 1. The second-order valence-electron chi connectivity index (χ2n) is 6.51. The number of nitrogens with one attached hydrogen (secondary N) is 1. The predicted octanol–water partition coefficient (Wildman–Crippen LogP) is 4.71. The second kappa shape index (κ2) is 6.59. The van der Waals surface area contributed by atoms with Gasteiger partial charge < -0.3 is 4.98 Å². The zero-order valence-corrected chi connectivity index (χ0v) is 15.9. The zero-order valence-electron chi connectivity index (χ0n) is 14.2. The van der Waals surface area contributed by atoms with Gasteiger partial charge in [-0.15, -0.1) is 11.3 Å². The highest BCUT2D eigenvalue weighted by Crippen LogP contribution is 2.37. The van der Waals surface area contributed by atoms with Crippen LogP contribution in [0.1, 0.15) is 42.8 Å². The summed E-state index contributed by atoms with van der Waals surface area (Å²) in [6.45, 7) is 2.64. The van der Waals surface area contributed by atoms with Crippen LogP contribution in [0.5, 0.6) is 0 Å². The Morgan fingerprint density at radius 2 is 2.04 bits per heavy atom. The lowest BCUT2D eigenvalue weighted by molar-refractivity contribution is 0.253. The number of benzene rings is 1. The largest absolute Gasteiger partial charge is 0.357 e. The summed E-state index contributed by atoms with van der Waals surface area (Å²) >= 11 is 1.40. The fraction of sp³-hybridized carbons (Fsp3) is 0.368. The van der Waals surface area contributed by atoms with Crippen LogP contribution in [0, 0.1) is 0 Å². The predicted molar refractivity (Wildman–Crippen MR) is 102 cm³/mol. The molecule has 0 radical (unpaired) electrons. The fourth-order valence-corrected chi connectivity index (χ4v) is 6.68. The molecule has 1 aromatic carbocycles. The van der Waals surface area contributed by atoms with Crippen LogP contribution >= 0.6 is 11.3 Å². The van der Waals surface area contributed by atoms with Gasteiger partial charge in [-0.25, -0.2) is 8.42 Å². The summed E-state index contributed by atoms with van der Waals surface area (Å²) in [6.07, 6.45) is 3.70. The maximum Gasteiger partial charge on any atom is 0.253 e. The Bertz CT molecular complexity index is 955. The van der Waals surface area contributed by atoms with Crippen LogP contribution in [0.4, 0.5) is 0 Å². The van der Waals surface area contributed by atoms with Gasteiger partial charge in [0.25, 0.3) is 10.0 Å². The quantitative estimate of drug-likeness (QED) is 0.719. The van der Waals surface area contributed by atoms with Crippen molar-refractivity contribution >= 4 is 32.3 Å². The number of rotatable bonds is 4. The van der Waals surface area contributed by atoms with E-state index in [1.54, 1.807) is 10.4 Å². The van der Waals surface area contributed by atoms with Gasteiger partial charge in [0.2, 0.25) is 0 Å². The number of nitrogens with zero attached hydrogens (tertiary/aromatic N) is 1. The van der Waals surface area contributed by atoms with Crippen LogP contribution in [0.15, 0.2) is 46.7 Å². The molecular weight excluding hydrogens is 352 g/mol. The van der Waals surface area contributed by atoms with E-state index < -0.39 is 10.0 Å². The summed E-state index contributed by atoms with van der Waals surface area (Å²) in [6, 6.07) is 13.8. The smallest absolute Gasteiger partial charge is 0.253 e. The highest BCUT2D eigenvalue weighted by molar-refractivity contribution is 7.91. The first-order valence-electron chi connectivity index (χ1n) is 8.78. The van der Waals surface area contributed by atoms with Gasteiger partial charge in [0.05, 0.1) is 6.04 Å². The lowest BCUT2D eigenvalue weighted by Gasteiger charge is -2.33. The van der Waals surface area contributed by atoms with Crippen LogP contribution in [-0.2, 0) is 16.4 Å². The van der Waals surface area contributed by atoms with Crippen LogP contribution in [0.25, 0.3) is 10.9 Å². The summed E-state index contributed by atoms with van der Waals surface area (Å²) in [4.78, 5) is 4.54. The Kier molecular flexibility index (Phi) is 4.43. The van der Waals surface area contributed by atoms with Gasteiger partial charge in [-0.1, -0.05) is 31.5 Å². The Hall–Kier alpha value is -1.63. The molecule has 1 saturated heterocycles. The molecule has 0 spiro atoms. The summed E-state index contributed by atoms with van der Waals surface area (Å²) < 4.78 is 28.6. The minimum absolute atomic E-state index is 0.113. The first-order valence-corrected chi connectivity index (χ1v) is 11.0. The molecular formula is C19H22N2O2S2. The number of thiophene rings is 1. The Morgan fingerprint density at radius 3 is 2.80 bits per heavy atom. The number of hydrogen-bond donors (Lipinski definition) is 1. The number of sulfonamides is 1. The molecule has 4 rings (SSSR count). The van der Waals surface area contributed by atoms with Crippen LogP contribution in [0.2, 0.25) is 0 Å². The number of aromatic nitrogens is 1. The molecule has 0 saturated carbocycles. The van der Waals surface area contributed by atoms with Crippen molar-refractivity contribution < 1.29 is 8.42 Å². The van der Waals surface area contributed by atoms with Crippen molar-refractivity contribution in [3.8, 4) is 0 Å². The molecule has 3 heterocycles. The van der Waals surface area contributed by atoms with E-state index in [9.17, 15) is 8.42 Å². The van der Waals surface area contributed by atoms with Crippen LogP contribution < -0.4 is 0 Å². The van der Waals surface area contributed by atoms with Crippen molar-refractivity contribution in [1.29, 1.82) is 0 Å². The molecule has 1 atom stereocenters. The number of hydrogen-bond acceptors (Lipinski definition) is 3. The standard InChI is InChI=1S/C19H22N2O2S2/c1-2-15-10-11-19(24-15)25(22,23)21-12-6-5-9-18(21)17-13-14-7-3-4-8-16(14)20-17/h3-4,7-8,10-11,13,18,20H,2,5-6,9,12H2,1H3. The molecule has 0 bridgehead atoms. The van der Waals surface area contributed by atoms with Gasteiger partial charge in [0, 0.05) is 22.6 Å². The van der Waals surface area contributed by atoms with Crippen molar-refractivity contribution in [2.75, 3.05) is 6.54 Å². The first-order chi connectivity index (χ1) is 12.1.